The number of allylic oxidation sites excluding steroid dienone is 1. The molecule has 1 aliphatic carbocycles. The van der Waals surface area contributed by atoms with Crippen LogP contribution in [-0.2, 0) is 4.79 Å². The maximum Gasteiger partial charge on any atom is 0.162 e. The van der Waals surface area contributed by atoms with E-state index in [1.165, 1.54) is 27.5 Å². The quantitative estimate of drug-likeness (QED) is 0.383. The molecule has 1 aliphatic heterocycles. The molecule has 0 bridgehead atoms. The van der Waals surface area contributed by atoms with Crippen molar-refractivity contribution in [3.05, 3.63) is 113 Å². The van der Waals surface area contributed by atoms with Gasteiger partial charge in [-0.05, 0) is 58.0 Å². The maximum absolute atomic E-state index is 13.7. The van der Waals surface area contributed by atoms with Crippen LogP contribution in [0.3, 0.4) is 0 Å². The average molecular weight is 432 g/mol. The van der Waals surface area contributed by atoms with Gasteiger partial charge in [0.05, 0.1) is 13.2 Å². The van der Waals surface area contributed by atoms with Crippen molar-refractivity contribution in [2.75, 3.05) is 12.4 Å². The second kappa shape index (κ2) is 7.93. The molecule has 0 saturated carbocycles. The van der Waals surface area contributed by atoms with Gasteiger partial charge in [-0.15, -0.1) is 0 Å². The summed E-state index contributed by atoms with van der Waals surface area (Å²) in [6.45, 7) is 0. The third-order valence-electron chi connectivity index (χ3n) is 7.05. The summed E-state index contributed by atoms with van der Waals surface area (Å²) in [7, 11) is 1.67. The standard InChI is InChI=1S/C30H25NO2/c1-33-23-14-11-21(12-15-23)30-29-25(17-22(18-27(29)32)19-7-3-2-4-8-19)28-24-10-6-5-9-20(24)13-16-26(28)31-30/h2-16,22,30-31H,17-18H2,1H3. The van der Waals surface area contributed by atoms with Crippen LogP contribution in [0.25, 0.3) is 16.3 Å². The van der Waals surface area contributed by atoms with Gasteiger partial charge < -0.3 is 10.1 Å². The zero-order valence-electron chi connectivity index (χ0n) is 18.5. The molecule has 0 radical (unpaired) electrons. The monoisotopic (exact) mass is 431 g/mol. The number of methoxy groups -OCH3 is 1. The Kier molecular flexibility index (Phi) is 4.76. The molecule has 3 nitrogen and oxygen atoms in total. The number of fused-ring (bicyclic) bond motifs is 4. The first-order valence-corrected chi connectivity index (χ1v) is 11.5. The third kappa shape index (κ3) is 3.32. The van der Waals surface area contributed by atoms with Crippen LogP contribution < -0.4 is 10.1 Å². The fourth-order valence-corrected chi connectivity index (χ4v) is 5.45. The van der Waals surface area contributed by atoms with Gasteiger partial charge in [0.1, 0.15) is 5.75 Å². The lowest BCUT2D eigenvalue weighted by Crippen LogP contribution is -2.29. The first kappa shape index (κ1) is 19.8. The van der Waals surface area contributed by atoms with Gasteiger partial charge in [-0.1, -0.05) is 72.8 Å². The first-order chi connectivity index (χ1) is 16.2. The number of ketones is 1. The number of Topliss-reactive ketones (excluding diaryl/α,β-unsaturated/α-hetero) is 1. The van der Waals surface area contributed by atoms with Gasteiger partial charge in [0.15, 0.2) is 5.78 Å². The van der Waals surface area contributed by atoms with E-state index in [0.717, 1.165) is 29.0 Å². The molecule has 1 heterocycles. The van der Waals surface area contributed by atoms with E-state index < -0.39 is 0 Å². The molecule has 1 N–H and O–H groups in total. The Hall–Kier alpha value is -3.85. The first-order valence-electron chi connectivity index (χ1n) is 11.5. The lowest BCUT2D eigenvalue weighted by atomic mass is 9.71. The summed E-state index contributed by atoms with van der Waals surface area (Å²) in [5, 5.41) is 6.10. The van der Waals surface area contributed by atoms with Gasteiger partial charge in [-0.2, -0.15) is 0 Å². The minimum Gasteiger partial charge on any atom is -0.497 e. The molecule has 0 spiro atoms. The van der Waals surface area contributed by atoms with E-state index in [4.69, 9.17) is 4.74 Å². The number of rotatable bonds is 3. The van der Waals surface area contributed by atoms with E-state index >= 15 is 0 Å². The van der Waals surface area contributed by atoms with E-state index in [1.54, 1.807) is 7.11 Å². The van der Waals surface area contributed by atoms with Crippen molar-refractivity contribution in [1.82, 2.24) is 0 Å². The van der Waals surface area contributed by atoms with Gasteiger partial charge >= 0.3 is 0 Å². The number of anilines is 1. The topological polar surface area (TPSA) is 38.3 Å². The van der Waals surface area contributed by atoms with E-state index in [0.29, 0.717) is 6.42 Å². The van der Waals surface area contributed by atoms with E-state index in [9.17, 15) is 4.79 Å². The molecule has 0 amide bonds. The summed E-state index contributed by atoms with van der Waals surface area (Å²) in [6, 6.07) is 31.1. The molecule has 6 rings (SSSR count). The lowest BCUT2D eigenvalue weighted by molar-refractivity contribution is -0.116. The van der Waals surface area contributed by atoms with Crippen molar-refractivity contribution >= 4 is 27.8 Å². The predicted molar refractivity (Wildman–Crippen MR) is 134 cm³/mol. The Morgan fingerprint density at radius 2 is 1.55 bits per heavy atom. The van der Waals surface area contributed by atoms with Crippen LogP contribution >= 0.6 is 0 Å². The van der Waals surface area contributed by atoms with E-state index in [-0.39, 0.29) is 17.7 Å². The lowest BCUT2D eigenvalue weighted by Gasteiger charge is -2.37. The molecule has 2 aliphatic rings. The van der Waals surface area contributed by atoms with Crippen molar-refractivity contribution < 1.29 is 9.53 Å². The molecule has 162 valence electrons. The van der Waals surface area contributed by atoms with Gasteiger partial charge in [0, 0.05) is 23.2 Å². The third-order valence-corrected chi connectivity index (χ3v) is 7.05. The number of nitrogens with one attached hydrogen (secondary N) is 1. The van der Waals surface area contributed by atoms with Crippen molar-refractivity contribution in [2.24, 2.45) is 0 Å². The number of hydrogen-bond acceptors (Lipinski definition) is 3. The Morgan fingerprint density at radius 1 is 0.788 bits per heavy atom. The highest BCUT2D eigenvalue weighted by Crippen LogP contribution is 2.51. The fraction of sp³-hybridized carbons (Fsp3) is 0.167. The summed E-state index contributed by atoms with van der Waals surface area (Å²) < 4.78 is 5.35. The molecule has 0 fully saturated rings. The smallest absolute Gasteiger partial charge is 0.162 e. The van der Waals surface area contributed by atoms with Gasteiger partial charge in [0.25, 0.3) is 0 Å². The molecular formula is C30H25NO2. The fourth-order valence-electron chi connectivity index (χ4n) is 5.45. The van der Waals surface area contributed by atoms with Gasteiger partial charge in [0.2, 0.25) is 0 Å². The summed E-state index contributed by atoms with van der Waals surface area (Å²) in [4.78, 5) is 13.7. The molecule has 2 unspecified atom stereocenters. The molecule has 0 aromatic heterocycles. The highest BCUT2D eigenvalue weighted by molar-refractivity contribution is 6.13. The Bertz CT molecular complexity index is 1390. The Balaban J connectivity index is 1.56. The molecule has 4 aromatic carbocycles. The molecule has 2 atom stereocenters. The molecule has 33 heavy (non-hydrogen) atoms. The number of hydrogen-bond donors (Lipinski definition) is 1. The van der Waals surface area contributed by atoms with Crippen LogP contribution in [0.2, 0.25) is 0 Å². The summed E-state index contributed by atoms with van der Waals surface area (Å²) >= 11 is 0. The van der Waals surface area contributed by atoms with Crippen LogP contribution in [0.1, 0.15) is 41.5 Å². The van der Waals surface area contributed by atoms with Crippen molar-refractivity contribution in [3.63, 3.8) is 0 Å². The SMILES string of the molecule is COc1ccc(C2Nc3ccc4ccccc4c3C3=C2C(=O)CC(c2ccccc2)C3)cc1. The Morgan fingerprint density at radius 3 is 2.33 bits per heavy atom. The minimum atomic E-state index is -0.163. The summed E-state index contributed by atoms with van der Waals surface area (Å²) in [5.41, 5.74) is 6.69. The van der Waals surface area contributed by atoms with E-state index in [2.05, 4.69) is 78.1 Å². The van der Waals surface area contributed by atoms with Crippen molar-refractivity contribution in [3.8, 4) is 5.75 Å². The number of carbonyl (C=O) groups is 1. The zero-order valence-corrected chi connectivity index (χ0v) is 18.5. The normalized spacial score (nSPS) is 19.6. The number of benzene rings is 4. The summed E-state index contributed by atoms with van der Waals surface area (Å²) in [5.74, 6) is 1.24. The van der Waals surface area contributed by atoms with Gasteiger partial charge in [-0.3, -0.25) is 4.79 Å². The second-order valence-electron chi connectivity index (χ2n) is 8.89. The van der Waals surface area contributed by atoms with Crippen molar-refractivity contribution in [2.45, 2.75) is 24.8 Å². The largest absolute Gasteiger partial charge is 0.497 e. The van der Waals surface area contributed by atoms with Crippen LogP contribution in [0.4, 0.5) is 5.69 Å². The van der Waals surface area contributed by atoms with Crippen molar-refractivity contribution in [1.29, 1.82) is 0 Å². The highest BCUT2D eigenvalue weighted by atomic mass is 16.5. The van der Waals surface area contributed by atoms with Crippen LogP contribution in [-0.4, -0.2) is 12.9 Å². The minimum absolute atomic E-state index is 0.163. The molecular weight excluding hydrogens is 406 g/mol. The van der Waals surface area contributed by atoms with E-state index in [1.807, 2.05) is 18.2 Å². The number of carbonyl (C=O) groups excluding carboxylic acids is 1. The number of ether oxygens (including phenoxy) is 1. The van der Waals surface area contributed by atoms with Crippen LogP contribution in [0, 0.1) is 0 Å². The average Bonchev–Trinajstić information content (AvgIpc) is 2.88. The van der Waals surface area contributed by atoms with Gasteiger partial charge in [-0.25, -0.2) is 0 Å². The molecule has 4 aromatic rings. The molecule has 3 heteroatoms. The highest BCUT2D eigenvalue weighted by Gasteiger charge is 2.38. The van der Waals surface area contributed by atoms with Crippen LogP contribution in [0.15, 0.2) is 96.6 Å². The Labute approximate surface area is 193 Å². The maximum atomic E-state index is 13.7. The predicted octanol–water partition coefficient (Wildman–Crippen LogP) is 6.92. The van der Waals surface area contributed by atoms with Crippen LogP contribution in [0.5, 0.6) is 5.75 Å². The second-order valence-corrected chi connectivity index (χ2v) is 8.89. The summed E-state index contributed by atoms with van der Waals surface area (Å²) in [6.07, 6.45) is 1.40. The molecule has 0 saturated heterocycles. The zero-order chi connectivity index (χ0) is 22.4.